The van der Waals surface area contributed by atoms with Gasteiger partial charge in [0.2, 0.25) is 0 Å². The van der Waals surface area contributed by atoms with E-state index in [0.29, 0.717) is 0 Å². The van der Waals surface area contributed by atoms with Crippen LogP contribution in [0.2, 0.25) is 0 Å². The summed E-state index contributed by atoms with van der Waals surface area (Å²) in [4.78, 5) is 0. The van der Waals surface area contributed by atoms with E-state index in [-0.39, 0.29) is 11.8 Å². The molecular formula is C32H30O4. The van der Waals surface area contributed by atoms with Crippen LogP contribution in [0, 0.1) is 0 Å². The maximum absolute atomic E-state index is 5.64. The quantitative estimate of drug-likeness (QED) is 0.282. The monoisotopic (exact) mass is 478 g/mol. The predicted octanol–water partition coefficient (Wildman–Crippen LogP) is 7.19. The Bertz CT molecular complexity index is 1350. The van der Waals surface area contributed by atoms with Crippen LogP contribution >= 0.6 is 0 Å². The molecule has 4 aromatic carbocycles. The normalized spacial score (nSPS) is 16.5. The van der Waals surface area contributed by atoms with Crippen molar-refractivity contribution in [3.63, 3.8) is 0 Å². The molecule has 0 heterocycles. The van der Waals surface area contributed by atoms with Crippen LogP contribution in [0.25, 0.3) is 11.6 Å². The molecule has 0 fully saturated rings. The van der Waals surface area contributed by atoms with E-state index in [4.69, 9.17) is 18.9 Å². The molecule has 0 bridgehead atoms. The summed E-state index contributed by atoms with van der Waals surface area (Å²) in [5.74, 6) is 3.50. The van der Waals surface area contributed by atoms with Gasteiger partial charge < -0.3 is 18.9 Å². The minimum atomic E-state index is 0.0662. The van der Waals surface area contributed by atoms with E-state index in [2.05, 4.69) is 54.6 Å². The number of rotatable bonds is 7. The first-order chi connectivity index (χ1) is 17.6. The van der Waals surface area contributed by atoms with Crippen LogP contribution in [0.3, 0.4) is 0 Å². The molecule has 0 spiro atoms. The fourth-order valence-corrected chi connectivity index (χ4v) is 5.11. The largest absolute Gasteiger partial charge is 0.497 e. The van der Waals surface area contributed by atoms with Crippen molar-refractivity contribution in [2.75, 3.05) is 28.4 Å². The van der Waals surface area contributed by atoms with Gasteiger partial charge in [-0.3, -0.25) is 0 Å². The van der Waals surface area contributed by atoms with Crippen molar-refractivity contribution in [1.29, 1.82) is 0 Å². The minimum absolute atomic E-state index is 0.0662. The Kier molecular flexibility index (Phi) is 6.68. The molecule has 4 heteroatoms. The molecule has 0 aliphatic heterocycles. The first kappa shape index (κ1) is 23.6. The zero-order valence-electron chi connectivity index (χ0n) is 21.0. The second kappa shape index (κ2) is 10.2. The molecule has 2 atom stereocenters. The summed E-state index contributed by atoms with van der Waals surface area (Å²) in [6.45, 7) is 0. The third kappa shape index (κ3) is 4.42. The van der Waals surface area contributed by atoms with Gasteiger partial charge in [-0.05, 0) is 81.9 Å². The number of methoxy groups -OCH3 is 4. The number of allylic oxidation sites excluding steroid dienone is 1. The average Bonchev–Trinajstić information content (AvgIpc) is 2.96. The van der Waals surface area contributed by atoms with Crippen molar-refractivity contribution in [3.05, 3.63) is 119 Å². The highest BCUT2D eigenvalue weighted by Crippen LogP contribution is 2.52. The lowest BCUT2D eigenvalue weighted by Crippen LogP contribution is -2.19. The SMILES string of the molecule is COc1ccc(C2=Cc3ccc(OC)cc3[C@@H](c3ccc(OC)cc3)[C@@H]2c2ccc(OC)cc2)cc1. The smallest absolute Gasteiger partial charge is 0.119 e. The summed E-state index contributed by atoms with van der Waals surface area (Å²) in [5, 5.41) is 0. The van der Waals surface area contributed by atoms with E-state index >= 15 is 0 Å². The molecule has 4 nitrogen and oxygen atoms in total. The summed E-state index contributed by atoms with van der Waals surface area (Å²) in [5.41, 5.74) is 7.26. The summed E-state index contributed by atoms with van der Waals surface area (Å²) >= 11 is 0. The van der Waals surface area contributed by atoms with Crippen molar-refractivity contribution >= 4 is 11.6 Å². The number of hydrogen-bond acceptors (Lipinski definition) is 4. The lowest BCUT2D eigenvalue weighted by molar-refractivity contribution is 0.413. The van der Waals surface area contributed by atoms with Crippen molar-refractivity contribution in [3.8, 4) is 23.0 Å². The van der Waals surface area contributed by atoms with Gasteiger partial charge in [-0.2, -0.15) is 0 Å². The molecule has 4 aromatic rings. The molecule has 0 N–H and O–H groups in total. The van der Waals surface area contributed by atoms with Crippen molar-refractivity contribution in [1.82, 2.24) is 0 Å². The molecule has 0 saturated heterocycles. The summed E-state index contributed by atoms with van der Waals surface area (Å²) in [6, 6.07) is 31.5. The first-order valence-corrected chi connectivity index (χ1v) is 12.0. The molecule has 0 aromatic heterocycles. The van der Waals surface area contributed by atoms with Crippen LogP contribution < -0.4 is 18.9 Å². The maximum Gasteiger partial charge on any atom is 0.119 e. The molecule has 0 unspecified atom stereocenters. The van der Waals surface area contributed by atoms with Crippen LogP contribution in [0.4, 0.5) is 0 Å². The van der Waals surface area contributed by atoms with Gasteiger partial charge in [-0.1, -0.05) is 48.5 Å². The Labute approximate surface area is 212 Å². The molecule has 0 amide bonds. The highest BCUT2D eigenvalue weighted by molar-refractivity contribution is 5.90. The van der Waals surface area contributed by atoms with Crippen LogP contribution in [0.15, 0.2) is 91.0 Å². The first-order valence-electron chi connectivity index (χ1n) is 12.0. The third-order valence-corrected chi connectivity index (χ3v) is 6.98. The van der Waals surface area contributed by atoms with Gasteiger partial charge in [0.15, 0.2) is 0 Å². The molecule has 1 aliphatic carbocycles. The van der Waals surface area contributed by atoms with Gasteiger partial charge in [0, 0.05) is 11.8 Å². The number of benzene rings is 4. The van der Waals surface area contributed by atoms with Crippen molar-refractivity contribution in [2.45, 2.75) is 11.8 Å². The van der Waals surface area contributed by atoms with Gasteiger partial charge in [0.1, 0.15) is 23.0 Å². The standard InChI is InChI=1S/C32H30O4/c1-33-25-12-5-21(6-13-25)29-19-24-11-18-28(36-4)20-30(24)32(23-9-16-27(35-3)17-10-23)31(29)22-7-14-26(34-2)15-8-22/h5-20,31-32H,1-4H3/t31-,32-/m1/s1. The van der Waals surface area contributed by atoms with Gasteiger partial charge >= 0.3 is 0 Å². The summed E-state index contributed by atoms with van der Waals surface area (Å²) in [7, 11) is 6.80. The van der Waals surface area contributed by atoms with E-state index in [1.807, 2.05) is 42.5 Å². The van der Waals surface area contributed by atoms with E-state index in [0.717, 1.165) is 28.6 Å². The third-order valence-electron chi connectivity index (χ3n) is 6.98. The van der Waals surface area contributed by atoms with E-state index in [1.54, 1.807) is 28.4 Å². The second-order valence-corrected chi connectivity index (χ2v) is 8.82. The zero-order valence-corrected chi connectivity index (χ0v) is 21.0. The van der Waals surface area contributed by atoms with Crippen molar-refractivity contribution < 1.29 is 18.9 Å². The molecule has 0 saturated carbocycles. The van der Waals surface area contributed by atoms with Gasteiger partial charge in [0.25, 0.3) is 0 Å². The highest BCUT2D eigenvalue weighted by atomic mass is 16.5. The molecule has 0 radical (unpaired) electrons. The average molecular weight is 479 g/mol. The Morgan fingerprint density at radius 2 is 0.917 bits per heavy atom. The van der Waals surface area contributed by atoms with E-state index in [9.17, 15) is 0 Å². The van der Waals surface area contributed by atoms with E-state index < -0.39 is 0 Å². The Balaban J connectivity index is 1.75. The number of fused-ring (bicyclic) bond motifs is 1. The molecule has 5 rings (SSSR count). The second-order valence-electron chi connectivity index (χ2n) is 8.82. The van der Waals surface area contributed by atoms with Crippen LogP contribution in [-0.2, 0) is 0 Å². The fourth-order valence-electron chi connectivity index (χ4n) is 5.11. The molecule has 182 valence electrons. The molecule has 36 heavy (non-hydrogen) atoms. The van der Waals surface area contributed by atoms with Crippen LogP contribution in [-0.4, -0.2) is 28.4 Å². The number of hydrogen-bond donors (Lipinski definition) is 0. The maximum atomic E-state index is 5.64. The van der Waals surface area contributed by atoms with Gasteiger partial charge in [0.05, 0.1) is 28.4 Å². The minimum Gasteiger partial charge on any atom is -0.497 e. The Morgan fingerprint density at radius 1 is 0.472 bits per heavy atom. The van der Waals surface area contributed by atoms with E-state index in [1.165, 1.54) is 27.8 Å². The molecular weight excluding hydrogens is 448 g/mol. The Hall–Kier alpha value is -4.18. The number of ether oxygens (including phenoxy) is 4. The predicted molar refractivity (Wildman–Crippen MR) is 144 cm³/mol. The summed E-state index contributed by atoms with van der Waals surface area (Å²) in [6.07, 6.45) is 2.31. The highest BCUT2D eigenvalue weighted by Gasteiger charge is 2.35. The molecule has 1 aliphatic rings. The zero-order chi connectivity index (χ0) is 25.1. The van der Waals surface area contributed by atoms with Crippen molar-refractivity contribution in [2.24, 2.45) is 0 Å². The topological polar surface area (TPSA) is 36.9 Å². The van der Waals surface area contributed by atoms with Crippen LogP contribution in [0.5, 0.6) is 23.0 Å². The van der Waals surface area contributed by atoms with Gasteiger partial charge in [-0.25, -0.2) is 0 Å². The summed E-state index contributed by atoms with van der Waals surface area (Å²) < 4.78 is 22.0. The lowest BCUT2D eigenvalue weighted by Gasteiger charge is -2.36. The van der Waals surface area contributed by atoms with Gasteiger partial charge in [-0.15, -0.1) is 0 Å². The van der Waals surface area contributed by atoms with Crippen LogP contribution in [0.1, 0.15) is 39.7 Å². The fraction of sp³-hybridized carbons (Fsp3) is 0.188. The lowest BCUT2D eigenvalue weighted by atomic mass is 9.67. The Morgan fingerprint density at radius 3 is 1.42 bits per heavy atom.